The summed E-state index contributed by atoms with van der Waals surface area (Å²) in [4.78, 5) is 14.6. The lowest BCUT2D eigenvalue weighted by Gasteiger charge is -2.12. The molecule has 0 aliphatic heterocycles. The van der Waals surface area contributed by atoms with Crippen molar-refractivity contribution in [2.75, 3.05) is 0 Å². The zero-order valence-corrected chi connectivity index (χ0v) is 13.6. The van der Waals surface area contributed by atoms with Crippen molar-refractivity contribution in [3.05, 3.63) is 60.2 Å². The third-order valence-electron chi connectivity index (χ3n) is 4.10. The van der Waals surface area contributed by atoms with Crippen LogP contribution < -0.4 is 5.32 Å². The molecule has 3 nitrogen and oxygen atoms in total. The Bertz CT molecular complexity index is 876. The fraction of sp³-hybridized carbons (Fsp3) is 0.250. The molecule has 3 aromatic rings. The van der Waals surface area contributed by atoms with Gasteiger partial charge in [-0.15, -0.1) is 6.58 Å². The van der Waals surface area contributed by atoms with E-state index in [4.69, 9.17) is 0 Å². The van der Waals surface area contributed by atoms with Crippen LogP contribution in [0.1, 0.15) is 25.0 Å². The average molecular weight is 306 g/mol. The van der Waals surface area contributed by atoms with E-state index in [2.05, 4.69) is 53.3 Å². The number of carbonyl (C=O) groups is 1. The monoisotopic (exact) mass is 306 g/mol. The Kier molecular flexibility index (Phi) is 4.20. The number of benzene rings is 2. The third-order valence-corrected chi connectivity index (χ3v) is 4.10. The van der Waals surface area contributed by atoms with Gasteiger partial charge in [-0.05, 0) is 55.2 Å². The van der Waals surface area contributed by atoms with Gasteiger partial charge in [0.2, 0.25) is 5.91 Å². The Hall–Kier alpha value is -2.55. The Morgan fingerprint density at radius 1 is 1.17 bits per heavy atom. The molecule has 1 heterocycles. The SMILES string of the molecule is C=CCc1ccc2[nH]c3ccc(CC(C)NC(C)=O)cc3c2c1. The van der Waals surface area contributed by atoms with E-state index in [0.717, 1.165) is 23.9 Å². The minimum atomic E-state index is 0.0136. The maximum atomic E-state index is 11.2. The van der Waals surface area contributed by atoms with E-state index in [1.165, 1.54) is 21.9 Å². The highest BCUT2D eigenvalue weighted by Crippen LogP contribution is 2.27. The molecule has 3 heteroatoms. The van der Waals surface area contributed by atoms with E-state index in [-0.39, 0.29) is 11.9 Å². The van der Waals surface area contributed by atoms with Gasteiger partial charge in [0, 0.05) is 34.8 Å². The Morgan fingerprint density at radius 3 is 2.39 bits per heavy atom. The van der Waals surface area contributed by atoms with E-state index in [1.807, 2.05) is 13.0 Å². The first-order valence-corrected chi connectivity index (χ1v) is 7.98. The maximum absolute atomic E-state index is 11.2. The Morgan fingerprint density at radius 2 is 1.78 bits per heavy atom. The van der Waals surface area contributed by atoms with Crippen molar-refractivity contribution in [1.29, 1.82) is 0 Å². The fourth-order valence-corrected chi connectivity index (χ4v) is 3.16. The second-order valence-electron chi connectivity index (χ2n) is 6.18. The van der Waals surface area contributed by atoms with Gasteiger partial charge in [-0.3, -0.25) is 4.79 Å². The number of carbonyl (C=O) groups excluding carboxylic acids is 1. The summed E-state index contributed by atoms with van der Waals surface area (Å²) in [5.74, 6) is 0.0136. The predicted molar refractivity (Wildman–Crippen MR) is 96.7 cm³/mol. The molecule has 0 fully saturated rings. The summed E-state index contributed by atoms with van der Waals surface area (Å²) < 4.78 is 0. The molecular weight excluding hydrogens is 284 g/mol. The molecule has 118 valence electrons. The first-order valence-electron chi connectivity index (χ1n) is 7.98. The van der Waals surface area contributed by atoms with Crippen LogP contribution in [0, 0.1) is 0 Å². The number of allylic oxidation sites excluding steroid dienone is 1. The van der Waals surface area contributed by atoms with Crippen molar-refractivity contribution < 1.29 is 4.79 Å². The molecule has 1 unspecified atom stereocenters. The molecule has 2 N–H and O–H groups in total. The van der Waals surface area contributed by atoms with Gasteiger partial charge in [0.1, 0.15) is 0 Å². The average Bonchev–Trinajstić information content (AvgIpc) is 2.84. The number of hydrogen-bond acceptors (Lipinski definition) is 1. The molecule has 1 atom stereocenters. The molecule has 3 rings (SSSR count). The Balaban J connectivity index is 1.99. The van der Waals surface area contributed by atoms with Gasteiger partial charge in [-0.25, -0.2) is 0 Å². The van der Waals surface area contributed by atoms with Crippen LogP contribution in [0.25, 0.3) is 21.8 Å². The smallest absolute Gasteiger partial charge is 0.217 e. The molecule has 1 aromatic heterocycles. The summed E-state index contributed by atoms with van der Waals surface area (Å²) in [6, 6.07) is 13.1. The van der Waals surface area contributed by atoms with Crippen molar-refractivity contribution in [3.63, 3.8) is 0 Å². The largest absolute Gasteiger partial charge is 0.355 e. The molecular formula is C20H22N2O. The molecule has 0 radical (unpaired) electrons. The summed E-state index contributed by atoms with van der Waals surface area (Å²) in [6.07, 6.45) is 3.63. The second kappa shape index (κ2) is 6.29. The fourth-order valence-electron chi connectivity index (χ4n) is 3.16. The van der Waals surface area contributed by atoms with Crippen molar-refractivity contribution >= 4 is 27.7 Å². The number of fused-ring (bicyclic) bond motifs is 3. The second-order valence-corrected chi connectivity index (χ2v) is 6.18. The van der Waals surface area contributed by atoms with Crippen LogP contribution in [0.2, 0.25) is 0 Å². The maximum Gasteiger partial charge on any atom is 0.217 e. The molecule has 0 bridgehead atoms. The number of aromatic amines is 1. The number of amides is 1. The molecule has 0 aliphatic rings. The minimum Gasteiger partial charge on any atom is -0.355 e. The van der Waals surface area contributed by atoms with Gasteiger partial charge >= 0.3 is 0 Å². The summed E-state index contributed by atoms with van der Waals surface area (Å²) in [5, 5.41) is 5.42. The number of H-pyrrole nitrogens is 1. The van der Waals surface area contributed by atoms with Gasteiger partial charge in [0.05, 0.1) is 0 Å². The number of nitrogens with one attached hydrogen (secondary N) is 2. The van der Waals surface area contributed by atoms with E-state index >= 15 is 0 Å². The van der Waals surface area contributed by atoms with Crippen LogP contribution >= 0.6 is 0 Å². The number of hydrogen-bond donors (Lipinski definition) is 2. The molecule has 23 heavy (non-hydrogen) atoms. The van der Waals surface area contributed by atoms with Crippen LogP contribution in [-0.4, -0.2) is 16.9 Å². The van der Waals surface area contributed by atoms with E-state index in [1.54, 1.807) is 6.92 Å². The molecule has 0 saturated carbocycles. The van der Waals surface area contributed by atoms with Crippen LogP contribution in [-0.2, 0) is 17.6 Å². The highest BCUT2D eigenvalue weighted by Gasteiger charge is 2.09. The standard InChI is InChI=1S/C20H22N2O/c1-4-5-15-6-8-19-17(11-15)18-12-16(7-9-20(18)22-19)10-13(2)21-14(3)23/h4,6-9,11-13,22H,1,5,10H2,2-3H3,(H,21,23). The van der Waals surface area contributed by atoms with Gasteiger partial charge < -0.3 is 10.3 Å². The summed E-state index contributed by atoms with van der Waals surface area (Å²) >= 11 is 0. The van der Waals surface area contributed by atoms with Gasteiger partial charge in [-0.2, -0.15) is 0 Å². The summed E-state index contributed by atoms with van der Waals surface area (Å²) in [7, 11) is 0. The lowest BCUT2D eigenvalue weighted by Crippen LogP contribution is -2.31. The normalized spacial score (nSPS) is 12.4. The van der Waals surface area contributed by atoms with Gasteiger partial charge in [0.15, 0.2) is 0 Å². The lowest BCUT2D eigenvalue weighted by atomic mass is 10.0. The van der Waals surface area contributed by atoms with E-state index in [0.29, 0.717) is 0 Å². The Labute approximate surface area is 136 Å². The predicted octanol–water partition coefficient (Wildman–Crippen LogP) is 4.12. The van der Waals surface area contributed by atoms with Crippen LogP contribution in [0.5, 0.6) is 0 Å². The van der Waals surface area contributed by atoms with Gasteiger partial charge in [0.25, 0.3) is 0 Å². The van der Waals surface area contributed by atoms with Crippen LogP contribution in [0.15, 0.2) is 49.1 Å². The molecule has 0 spiro atoms. The topological polar surface area (TPSA) is 44.9 Å². The summed E-state index contributed by atoms with van der Waals surface area (Å²) in [5.41, 5.74) is 4.80. The molecule has 0 saturated heterocycles. The van der Waals surface area contributed by atoms with Crippen molar-refractivity contribution in [2.45, 2.75) is 32.7 Å². The lowest BCUT2D eigenvalue weighted by molar-refractivity contribution is -0.119. The highest BCUT2D eigenvalue weighted by atomic mass is 16.1. The quantitative estimate of drug-likeness (QED) is 0.684. The van der Waals surface area contributed by atoms with Crippen molar-refractivity contribution in [3.8, 4) is 0 Å². The van der Waals surface area contributed by atoms with Crippen LogP contribution in [0.3, 0.4) is 0 Å². The first-order chi connectivity index (χ1) is 11.1. The minimum absolute atomic E-state index is 0.0136. The van der Waals surface area contributed by atoms with Crippen molar-refractivity contribution in [2.24, 2.45) is 0 Å². The summed E-state index contributed by atoms with van der Waals surface area (Å²) in [6.45, 7) is 7.40. The number of aromatic nitrogens is 1. The first kappa shape index (κ1) is 15.3. The van der Waals surface area contributed by atoms with Crippen LogP contribution in [0.4, 0.5) is 0 Å². The van der Waals surface area contributed by atoms with E-state index in [9.17, 15) is 4.79 Å². The zero-order chi connectivity index (χ0) is 16.4. The van der Waals surface area contributed by atoms with Crippen molar-refractivity contribution in [1.82, 2.24) is 10.3 Å². The molecule has 1 amide bonds. The molecule has 0 aliphatic carbocycles. The zero-order valence-electron chi connectivity index (χ0n) is 13.6. The van der Waals surface area contributed by atoms with Gasteiger partial charge in [-0.1, -0.05) is 18.2 Å². The number of rotatable bonds is 5. The third kappa shape index (κ3) is 3.29. The highest BCUT2D eigenvalue weighted by molar-refractivity contribution is 6.07. The molecule has 2 aromatic carbocycles. The van der Waals surface area contributed by atoms with E-state index < -0.39 is 0 Å².